The molecule has 2 fully saturated rings. The second-order valence-electron chi connectivity index (χ2n) is 6.00. The second kappa shape index (κ2) is 6.02. The fraction of sp³-hybridized carbons (Fsp3) is 1.00. The van der Waals surface area contributed by atoms with Gasteiger partial charge in [0.15, 0.2) is 0 Å². The van der Waals surface area contributed by atoms with Crippen LogP contribution in [0.1, 0.15) is 46.0 Å². The molecule has 16 heavy (non-hydrogen) atoms. The van der Waals surface area contributed by atoms with Gasteiger partial charge in [0.2, 0.25) is 0 Å². The van der Waals surface area contributed by atoms with Crippen LogP contribution in [0.3, 0.4) is 0 Å². The SMILES string of the molecule is CC1CCC(NCCN2CCCC2)C(C)C1. The van der Waals surface area contributed by atoms with E-state index in [1.54, 1.807) is 0 Å². The maximum Gasteiger partial charge on any atom is 0.0107 e. The Kier molecular flexibility index (Phi) is 4.66. The average molecular weight is 224 g/mol. The molecule has 0 bridgehead atoms. The first-order valence-electron chi connectivity index (χ1n) is 7.21. The van der Waals surface area contributed by atoms with Crippen LogP contribution in [0.2, 0.25) is 0 Å². The quantitative estimate of drug-likeness (QED) is 0.789. The van der Waals surface area contributed by atoms with Crippen LogP contribution in [-0.2, 0) is 0 Å². The predicted molar refractivity (Wildman–Crippen MR) is 69.6 cm³/mol. The van der Waals surface area contributed by atoms with Gasteiger partial charge in [-0.3, -0.25) is 0 Å². The zero-order chi connectivity index (χ0) is 11.4. The van der Waals surface area contributed by atoms with Crippen molar-refractivity contribution in [2.45, 2.75) is 52.0 Å². The van der Waals surface area contributed by atoms with E-state index in [4.69, 9.17) is 0 Å². The molecule has 0 aromatic heterocycles. The first-order chi connectivity index (χ1) is 7.75. The number of nitrogens with zero attached hydrogens (tertiary/aromatic N) is 1. The van der Waals surface area contributed by atoms with Crippen LogP contribution in [0.15, 0.2) is 0 Å². The van der Waals surface area contributed by atoms with Gasteiger partial charge in [0, 0.05) is 19.1 Å². The van der Waals surface area contributed by atoms with E-state index in [-0.39, 0.29) is 0 Å². The summed E-state index contributed by atoms with van der Waals surface area (Å²) in [5.41, 5.74) is 0. The monoisotopic (exact) mass is 224 g/mol. The lowest BCUT2D eigenvalue weighted by molar-refractivity contribution is 0.220. The molecule has 0 radical (unpaired) electrons. The zero-order valence-electron chi connectivity index (χ0n) is 11.0. The van der Waals surface area contributed by atoms with Gasteiger partial charge in [0.25, 0.3) is 0 Å². The molecule has 2 rings (SSSR count). The minimum atomic E-state index is 0.791. The molecule has 0 aromatic rings. The third-order valence-corrected chi connectivity index (χ3v) is 4.46. The van der Waals surface area contributed by atoms with Crippen molar-refractivity contribution in [2.24, 2.45) is 11.8 Å². The first-order valence-corrected chi connectivity index (χ1v) is 7.21. The summed E-state index contributed by atoms with van der Waals surface area (Å²) in [4.78, 5) is 2.60. The third-order valence-electron chi connectivity index (χ3n) is 4.46. The molecular weight excluding hydrogens is 196 g/mol. The van der Waals surface area contributed by atoms with Gasteiger partial charge in [-0.05, 0) is 57.0 Å². The van der Waals surface area contributed by atoms with Gasteiger partial charge in [-0.2, -0.15) is 0 Å². The summed E-state index contributed by atoms with van der Waals surface area (Å²) in [5, 5.41) is 3.78. The van der Waals surface area contributed by atoms with E-state index in [0.29, 0.717) is 0 Å². The van der Waals surface area contributed by atoms with Crippen LogP contribution in [0, 0.1) is 11.8 Å². The highest BCUT2D eigenvalue weighted by Gasteiger charge is 2.24. The van der Waals surface area contributed by atoms with Crippen LogP contribution in [0.25, 0.3) is 0 Å². The molecule has 94 valence electrons. The lowest BCUT2D eigenvalue weighted by Crippen LogP contribution is -2.42. The minimum absolute atomic E-state index is 0.791. The van der Waals surface area contributed by atoms with Crippen LogP contribution < -0.4 is 5.32 Å². The molecule has 0 spiro atoms. The summed E-state index contributed by atoms with van der Waals surface area (Å²) in [6.45, 7) is 9.94. The number of rotatable bonds is 4. The number of hydrogen-bond donors (Lipinski definition) is 1. The molecule has 1 aliphatic carbocycles. The maximum atomic E-state index is 3.78. The van der Waals surface area contributed by atoms with Gasteiger partial charge >= 0.3 is 0 Å². The van der Waals surface area contributed by atoms with E-state index in [9.17, 15) is 0 Å². The van der Waals surface area contributed by atoms with E-state index < -0.39 is 0 Å². The van der Waals surface area contributed by atoms with Gasteiger partial charge in [-0.25, -0.2) is 0 Å². The van der Waals surface area contributed by atoms with Crippen molar-refractivity contribution < 1.29 is 0 Å². The first kappa shape index (κ1) is 12.4. The van der Waals surface area contributed by atoms with Crippen molar-refractivity contribution in [3.8, 4) is 0 Å². The molecule has 1 aliphatic heterocycles. The number of nitrogens with one attached hydrogen (secondary N) is 1. The fourth-order valence-corrected chi connectivity index (χ4v) is 3.38. The number of likely N-dealkylation sites (tertiary alicyclic amines) is 1. The van der Waals surface area contributed by atoms with Crippen LogP contribution >= 0.6 is 0 Å². The predicted octanol–water partition coefficient (Wildman–Crippen LogP) is 2.50. The molecule has 3 unspecified atom stereocenters. The second-order valence-corrected chi connectivity index (χ2v) is 6.00. The van der Waals surface area contributed by atoms with Gasteiger partial charge in [0.1, 0.15) is 0 Å². The molecule has 1 N–H and O–H groups in total. The lowest BCUT2D eigenvalue weighted by Gasteiger charge is -2.33. The molecule has 1 saturated heterocycles. The molecule has 1 saturated carbocycles. The van der Waals surface area contributed by atoms with Crippen molar-refractivity contribution in [2.75, 3.05) is 26.2 Å². The molecule has 1 heterocycles. The Bertz CT molecular complexity index is 199. The standard InChI is InChI=1S/C14H28N2/c1-12-5-6-14(13(2)11-12)15-7-10-16-8-3-4-9-16/h12-15H,3-11H2,1-2H3. The van der Waals surface area contributed by atoms with Crippen molar-refractivity contribution in [3.63, 3.8) is 0 Å². The molecule has 0 amide bonds. The van der Waals surface area contributed by atoms with Crippen molar-refractivity contribution in [1.82, 2.24) is 10.2 Å². The molecular formula is C14H28N2. The van der Waals surface area contributed by atoms with Crippen molar-refractivity contribution >= 4 is 0 Å². The zero-order valence-corrected chi connectivity index (χ0v) is 11.0. The van der Waals surface area contributed by atoms with E-state index in [0.717, 1.165) is 17.9 Å². The largest absolute Gasteiger partial charge is 0.312 e. The normalized spacial score (nSPS) is 36.8. The minimum Gasteiger partial charge on any atom is -0.312 e. The van der Waals surface area contributed by atoms with Crippen LogP contribution in [-0.4, -0.2) is 37.1 Å². The summed E-state index contributed by atoms with van der Waals surface area (Å²) in [6.07, 6.45) is 7.06. The Balaban J connectivity index is 1.61. The van der Waals surface area contributed by atoms with E-state index in [2.05, 4.69) is 24.1 Å². The lowest BCUT2D eigenvalue weighted by atomic mass is 9.80. The smallest absolute Gasteiger partial charge is 0.0107 e. The molecule has 2 nitrogen and oxygen atoms in total. The Hall–Kier alpha value is -0.0800. The Labute approximate surface area is 101 Å². The topological polar surface area (TPSA) is 15.3 Å². The van der Waals surface area contributed by atoms with Crippen molar-refractivity contribution in [1.29, 1.82) is 0 Å². The highest BCUT2D eigenvalue weighted by atomic mass is 15.2. The highest BCUT2D eigenvalue weighted by Crippen LogP contribution is 2.28. The summed E-state index contributed by atoms with van der Waals surface area (Å²) >= 11 is 0. The Morgan fingerprint density at radius 1 is 1.12 bits per heavy atom. The summed E-state index contributed by atoms with van der Waals surface area (Å²) in [5.74, 6) is 1.83. The highest BCUT2D eigenvalue weighted by molar-refractivity contribution is 4.81. The van der Waals surface area contributed by atoms with Crippen LogP contribution in [0.4, 0.5) is 0 Å². The maximum absolute atomic E-state index is 3.78. The molecule has 2 aliphatic rings. The summed E-state index contributed by atoms with van der Waals surface area (Å²) in [6, 6.07) is 0.791. The average Bonchev–Trinajstić information content (AvgIpc) is 2.74. The van der Waals surface area contributed by atoms with E-state index in [1.165, 1.54) is 58.3 Å². The van der Waals surface area contributed by atoms with Crippen LogP contribution in [0.5, 0.6) is 0 Å². The van der Waals surface area contributed by atoms with Gasteiger partial charge < -0.3 is 10.2 Å². The van der Waals surface area contributed by atoms with Gasteiger partial charge in [-0.1, -0.05) is 13.8 Å². The van der Waals surface area contributed by atoms with Gasteiger partial charge in [-0.15, -0.1) is 0 Å². The van der Waals surface area contributed by atoms with Crippen molar-refractivity contribution in [3.05, 3.63) is 0 Å². The van der Waals surface area contributed by atoms with Gasteiger partial charge in [0.05, 0.1) is 0 Å². The third kappa shape index (κ3) is 3.46. The summed E-state index contributed by atoms with van der Waals surface area (Å²) in [7, 11) is 0. The number of hydrogen-bond acceptors (Lipinski definition) is 2. The van der Waals surface area contributed by atoms with E-state index in [1.807, 2.05) is 0 Å². The molecule has 2 heteroatoms. The van der Waals surface area contributed by atoms with E-state index >= 15 is 0 Å². The Morgan fingerprint density at radius 2 is 1.88 bits per heavy atom. The Morgan fingerprint density at radius 3 is 2.56 bits per heavy atom. The molecule has 3 atom stereocenters. The fourth-order valence-electron chi connectivity index (χ4n) is 3.38. The molecule has 0 aromatic carbocycles. The summed E-state index contributed by atoms with van der Waals surface area (Å²) < 4.78 is 0.